The maximum Gasteiger partial charge on any atom is 0.0640 e. The van der Waals surface area contributed by atoms with Gasteiger partial charge in [-0.1, -0.05) is 141 Å². The molecular formula is C47H33NS. The summed E-state index contributed by atoms with van der Waals surface area (Å²) in [5, 5.41) is 7.74. The Balaban J connectivity index is 1.18. The van der Waals surface area contributed by atoms with Crippen molar-refractivity contribution in [2.75, 3.05) is 4.90 Å². The minimum absolute atomic E-state index is 0.0384. The maximum absolute atomic E-state index is 2.47. The molecule has 0 spiro atoms. The monoisotopic (exact) mass is 643 g/mol. The topological polar surface area (TPSA) is 3.24 Å². The first kappa shape index (κ1) is 28.3. The zero-order valence-corrected chi connectivity index (χ0v) is 28.3. The highest BCUT2D eigenvalue weighted by molar-refractivity contribution is 7.27. The van der Waals surface area contributed by atoms with Gasteiger partial charge in [-0.15, -0.1) is 11.3 Å². The molecule has 0 atom stereocenters. The van der Waals surface area contributed by atoms with Crippen LogP contribution in [-0.4, -0.2) is 0 Å². The third-order valence-corrected chi connectivity index (χ3v) is 11.9. The van der Waals surface area contributed by atoms with Crippen LogP contribution >= 0.6 is 11.3 Å². The predicted octanol–water partition coefficient (Wildman–Crippen LogP) is 13.8. The first-order valence-corrected chi connectivity index (χ1v) is 17.8. The van der Waals surface area contributed by atoms with E-state index < -0.39 is 0 Å². The molecule has 1 aliphatic carbocycles. The first-order chi connectivity index (χ1) is 24.0. The third-order valence-electron chi connectivity index (χ3n) is 10.6. The van der Waals surface area contributed by atoms with Crippen LogP contribution in [0.2, 0.25) is 0 Å². The van der Waals surface area contributed by atoms with Gasteiger partial charge < -0.3 is 4.90 Å². The summed E-state index contributed by atoms with van der Waals surface area (Å²) < 4.78 is 2.64. The van der Waals surface area contributed by atoms with Gasteiger partial charge in [0, 0.05) is 32.3 Å². The van der Waals surface area contributed by atoms with E-state index in [1.165, 1.54) is 86.5 Å². The fourth-order valence-corrected chi connectivity index (χ4v) is 9.47. The van der Waals surface area contributed by atoms with Crippen LogP contribution in [-0.2, 0) is 5.41 Å². The molecule has 0 amide bonds. The van der Waals surface area contributed by atoms with Crippen molar-refractivity contribution in [3.05, 3.63) is 175 Å². The minimum atomic E-state index is -0.0384. The van der Waals surface area contributed by atoms with Gasteiger partial charge in [0.25, 0.3) is 0 Å². The lowest BCUT2D eigenvalue weighted by Crippen LogP contribution is -2.15. The molecule has 0 bridgehead atoms. The van der Waals surface area contributed by atoms with Crippen molar-refractivity contribution in [1.82, 2.24) is 0 Å². The summed E-state index contributed by atoms with van der Waals surface area (Å²) in [6.45, 7) is 4.70. The van der Waals surface area contributed by atoms with E-state index in [1.807, 2.05) is 11.3 Å². The molecule has 0 unspecified atom stereocenters. The molecule has 2 heteroatoms. The van der Waals surface area contributed by atoms with Gasteiger partial charge in [-0.2, -0.15) is 0 Å². The van der Waals surface area contributed by atoms with Gasteiger partial charge in [0.15, 0.2) is 0 Å². The summed E-state index contributed by atoms with van der Waals surface area (Å²) >= 11 is 1.91. The van der Waals surface area contributed by atoms with Gasteiger partial charge in [0.1, 0.15) is 0 Å². The zero-order chi connectivity index (χ0) is 32.7. The van der Waals surface area contributed by atoms with Crippen LogP contribution in [0.5, 0.6) is 0 Å². The third kappa shape index (κ3) is 4.31. The van der Waals surface area contributed by atoms with Gasteiger partial charge in [0.05, 0.1) is 10.4 Å². The Morgan fingerprint density at radius 2 is 1.08 bits per heavy atom. The van der Waals surface area contributed by atoms with Crippen LogP contribution in [0.4, 0.5) is 17.1 Å². The Morgan fingerprint density at radius 3 is 1.96 bits per heavy atom. The lowest BCUT2D eigenvalue weighted by molar-refractivity contribution is 0.660. The van der Waals surface area contributed by atoms with Crippen molar-refractivity contribution >= 4 is 70.1 Å². The maximum atomic E-state index is 2.47. The molecule has 0 saturated heterocycles. The Hall–Kier alpha value is -5.70. The standard InChI is InChI=1S/C47H33NS/c1-47(2)42-16-8-7-14-38(42)41-29-36(25-27-43(41)47)48(35-23-20-31(21-24-35)34-19-18-30-10-3-4-12-33(30)28-34)44-17-9-15-39-40-26-22-32-11-5-6-13-37(32)45(40)49-46(39)44/h3-29H,1-2H3. The van der Waals surface area contributed by atoms with Gasteiger partial charge in [-0.05, 0) is 91.3 Å². The number of nitrogens with zero attached hydrogens (tertiary/aromatic N) is 1. The number of rotatable bonds is 4. The second-order valence-electron chi connectivity index (χ2n) is 13.8. The molecule has 1 aromatic heterocycles. The van der Waals surface area contributed by atoms with Crippen molar-refractivity contribution in [2.45, 2.75) is 19.3 Å². The SMILES string of the molecule is CC1(C)c2ccccc2-c2cc(N(c3ccc(-c4ccc5ccccc5c4)cc3)c3cccc4c3sc3c5ccccc5ccc43)ccc21. The Morgan fingerprint density at radius 1 is 0.429 bits per heavy atom. The molecular weight excluding hydrogens is 611 g/mol. The molecule has 0 saturated carbocycles. The number of hydrogen-bond donors (Lipinski definition) is 0. The zero-order valence-electron chi connectivity index (χ0n) is 27.4. The number of fused-ring (bicyclic) bond motifs is 9. The highest BCUT2D eigenvalue weighted by Crippen LogP contribution is 2.52. The van der Waals surface area contributed by atoms with E-state index in [0.29, 0.717) is 0 Å². The Labute approximate surface area is 290 Å². The van der Waals surface area contributed by atoms with Gasteiger partial charge in [0.2, 0.25) is 0 Å². The van der Waals surface area contributed by atoms with Crippen LogP contribution in [0.15, 0.2) is 164 Å². The average molecular weight is 644 g/mol. The van der Waals surface area contributed by atoms with Crippen molar-refractivity contribution in [1.29, 1.82) is 0 Å². The van der Waals surface area contributed by atoms with Gasteiger partial charge in [-0.25, -0.2) is 0 Å². The second kappa shape index (κ2) is 10.7. The van der Waals surface area contributed by atoms with Crippen LogP contribution in [0.1, 0.15) is 25.0 Å². The summed E-state index contributed by atoms with van der Waals surface area (Å²) in [5.74, 6) is 0. The molecule has 1 aliphatic rings. The number of benzene rings is 8. The highest BCUT2D eigenvalue weighted by Gasteiger charge is 2.35. The Kier molecular flexibility index (Phi) is 6.16. The lowest BCUT2D eigenvalue weighted by Gasteiger charge is -2.28. The summed E-state index contributed by atoms with van der Waals surface area (Å²) in [4.78, 5) is 2.47. The quantitative estimate of drug-likeness (QED) is 0.184. The molecule has 1 heterocycles. The van der Waals surface area contributed by atoms with Gasteiger partial charge >= 0.3 is 0 Å². The average Bonchev–Trinajstić information content (AvgIpc) is 3.65. The number of anilines is 3. The summed E-state index contributed by atoms with van der Waals surface area (Å²) in [6.07, 6.45) is 0. The second-order valence-corrected chi connectivity index (χ2v) is 14.8. The van der Waals surface area contributed by atoms with Crippen molar-refractivity contribution in [2.24, 2.45) is 0 Å². The van der Waals surface area contributed by atoms with Crippen molar-refractivity contribution < 1.29 is 0 Å². The fourth-order valence-electron chi connectivity index (χ4n) is 8.13. The molecule has 0 fully saturated rings. The predicted molar refractivity (Wildman–Crippen MR) is 212 cm³/mol. The molecule has 1 nitrogen and oxygen atoms in total. The van der Waals surface area contributed by atoms with Crippen molar-refractivity contribution in [3.8, 4) is 22.3 Å². The smallest absolute Gasteiger partial charge is 0.0640 e. The summed E-state index contributed by atoms with van der Waals surface area (Å²) in [5.41, 5.74) is 11.4. The van der Waals surface area contributed by atoms with E-state index in [0.717, 1.165) is 5.69 Å². The molecule has 0 radical (unpaired) electrons. The molecule has 10 rings (SSSR count). The van der Waals surface area contributed by atoms with Crippen LogP contribution in [0.25, 0.3) is 64.0 Å². The normalized spacial score (nSPS) is 13.3. The molecule has 232 valence electrons. The van der Waals surface area contributed by atoms with Crippen LogP contribution in [0.3, 0.4) is 0 Å². The van der Waals surface area contributed by atoms with E-state index in [2.05, 4.69) is 183 Å². The van der Waals surface area contributed by atoms with E-state index in [1.54, 1.807) is 0 Å². The largest absolute Gasteiger partial charge is 0.309 e. The molecule has 8 aromatic carbocycles. The van der Waals surface area contributed by atoms with E-state index in [4.69, 9.17) is 0 Å². The van der Waals surface area contributed by atoms with Crippen LogP contribution < -0.4 is 4.90 Å². The minimum Gasteiger partial charge on any atom is -0.309 e. The number of thiophene rings is 1. The van der Waals surface area contributed by atoms with Crippen LogP contribution in [0, 0.1) is 0 Å². The first-order valence-electron chi connectivity index (χ1n) is 17.0. The number of hydrogen-bond acceptors (Lipinski definition) is 2. The van der Waals surface area contributed by atoms with E-state index in [9.17, 15) is 0 Å². The molecule has 49 heavy (non-hydrogen) atoms. The fraction of sp³-hybridized carbons (Fsp3) is 0.0638. The molecule has 0 N–H and O–H groups in total. The van der Waals surface area contributed by atoms with Gasteiger partial charge in [-0.3, -0.25) is 0 Å². The highest BCUT2D eigenvalue weighted by atomic mass is 32.1. The summed E-state index contributed by atoms with van der Waals surface area (Å²) in [7, 11) is 0. The van der Waals surface area contributed by atoms with E-state index in [-0.39, 0.29) is 5.41 Å². The lowest BCUT2D eigenvalue weighted by atomic mass is 9.82. The molecule has 9 aromatic rings. The van der Waals surface area contributed by atoms with Crippen molar-refractivity contribution in [3.63, 3.8) is 0 Å². The summed E-state index contributed by atoms with van der Waals surface area (Å²) in [6, 6.07) is 60.6. The van der Waals surface area contributed by atoms with E-state index >= 15 is 0 Å². The Bertz CT molecular complexity index is 2750. The molecule has 0 aliphatic heterocycles.